The standard InChI is InChI=1S/C16H14N2O2S2/c19-15(17-12-6-2-1-3-7-12)20-10-11-21-16-18-13-8-4-5-9-14(13)22-16/h1-9H,10-11H2,(H,17,19). The van der Waals surface area contributed by atoms with E-state index in [1.165, 1.54) is 4.70 Å². The number of thiazole rings is 1. The number of para-hydroxylation sites is 2. The summed E-state index contributed by atoms with van der Waals surface area (Å²) in [6.45, 7) is 0.346. The lowest BCUT2D eigenvalue weighted by molar-refractivity contribution is 0.169. The minimum atomic E-state index is -0.434. The molecule has 0 aliphatic carbocycles. The van der Waals surface area contributed by atoms with E-state index in [4.69, 9.17) is 4.74 Å². The number of rotatable bonds is 5. The molecule has 4 nitrogen and oxygen atoms in total. The van der Waals surface area contributed by atoms with Crippen molar-refractivity contribution in [3.05, 3.63) is 54.6 Å². The molecule has 0 aliphatic rings. The van der Waals surface area contributed by atoms with Crippen molar-refractivity contribution < 1.29 is 9.53 Å². The van der Waals surface area contributed by atoms with Gasteiger partial charge in [-0.1, -0.05) is 42.1 Å². The van der Waals surface area contributed by atoms with Gasteiger partial charge in [-0.05, 0) is 24.3 Å². The van der Waals surface area contributed by atoms with Gasteiger partial charge in [0.2, 0.25) is 0 Å². The Morgan fingerprint density at radius 2 is 1.91 bits per heavy atom. The van der Waals surface area contributed by atoms with Gasteiger partial charge in [0.05, 0.1) is 10.2 Å². The summed E-state index contributed by atoms with van der Waals surface area (Å²) in [7, 11) is 0. The van der Waals surface area contributed by atoms with Gasteiger partial charge in [0.1, 0.15) is 6.61 Å². The molecular formula is C16H14N2O2S2. The fourth-order valence-corrected chi connectivity index (χ4v) is 3.81. The van der Waals surface area contributed by atoms with E-state index in [0.717, 1.165) is 15.5 Å². The van der Waals surface area contributed by atoms with Crippen LogP contribution in [0.4, 0.5) is 10.5 Å². The molecule has 1 N–H and O–H groups in total. The van der Waals surface area contributed by atoms with Crippen LogP contribution in [0.1, 0.15) is 0 Å². The van der Waals surface area contributed by atoms with E-state index in [-0.39, 0.29) is 0 Å². The van der Waals surface area contributed by atoms with Gasteiger partial charge in [0.15, 0.2) is 4.34 Å². The number of anilines is 1. The third-order valence-electron chi connectivity index (χ3n) is 2.84. The molecule has 2 aromatic carbocycles. The van der Waals surface area contributed by atoms with E-state index < -0.39 is 6.09 Å². The average Bonchev–Trinajstić information content (AvgIpc) is 2.95. The van der Waals surface area contributed by atoms with Gasteiger partial charge in [-0.2, -0.15) is 0 Å². The number of nitrogens with zero attached hydrogens (tertiary/aromatic N) is 1. The summed E-state index contributed by atoms with van der Waals surface area (Å²) in [5, 5.41) is 2.68. The number of carbonyl (C=O) groups is 1. The van der Waals surface area contributed by atoms with Crippen molar-refractivity contribution >= 4 is 45.1 Å². The maximum atomic E-state index is 11.6. The lowest BCUT2D eigenvalue weighted by Crippen LogP contribution is -2.15. The Hall–Kier alpha value is -2.05. The minimum absolute atomic E-state index is 0.346. The number of carbonyl (C=O) groups excluding carboxylic acids is 1. The van der Waals surface area contributed by atoms with Crippen LogP contribution in [0.15, 0.2) is 58.9 Å². The number of amides is 1. The molecule has 3 rings (SSSR count). The van der Waals surface area contributed by atoms with Crippen molar-refractivity contribution in [2.75, 3.05) is 17.7 Å². The molecule has 0 radical (unpaired) electrons. The van der Waals surface area contributed by atoms with Crippen LogP contribution in [0.5, 0.6) is 0 Å². The maximum absolute atomic E-state index is 11.6. The summed E-state index contributed by atoms with van der Waals surface area (Å²) in [6.07, 6.45) is -0.434. The Balaban J connectivity index is 1.42. The summed E-state index contributed by atoms with van der Waals surface area (Å²) < 4.78 is 7.32. The first kappa shape index (κ1) is 14.9. The van der Waals surface area contributed by atoms with E-state index in [0.29, 0.717) is 12.4 Å². The van der Waals surface area contributed by atoms with Gasteiger partial charge in [-0.25, -0.2) is 9.78 Å². The highest BCUT2D eigenvalue weighted by Crippen LogP contribution is 2.29. The largest absolute Gasteiger partial charge is 0.448 e. The molecule has 6 heteroatoms. The van der Waals surface area contributed by atoms with Crippen LogP contribution in [0.25, 0.3) is 10.2 Å². The summed E-state index contributed by atoms with van der Waals surface area (Å²) in [5.41, 5.74) is 1.74. The average molecular weight is 330 g/mol. The number of benzene rings is 2. The van der Waals surface area contributed by atoms with Crippen LogP contribution in [0.2, 0.25) is 0 Å². The highest BCUT2D eigenvalue weighted by molar-refractivity contribution is 8.01. The SMILES string of the molecule is O=C(Nc1ccccc1)OCCSc1nc2ccccc2s1. The number of aromatic nitrogens is 1. The van der Waals surface area contributed by atoms with Crippen molar-refractivity contribution in [1.29, 1.82) is 0 Å². The van der Waals surface area contributed by atoms with Crippen LogP contribution in [0.3, 0.4) is 0 Å². The first-order valence-electron chi connectivity index (χ1n) is 6.78. The van der Waals surface area contributed by atoms with Crippen LogP contribution in [0, 0.1) is 0 Å². The Kier molecular flexibility index (Phi) is 4.92. The van der Waals surface area contributed by atoms with Crippen molar-refractivity contribution in [2.45, 2.75) is 4.34 Å². The normalized spacial score (nSPS) is 10.5. The second-order valence-corrected chi connectivity index (χ2v) is 6.80. The van der Waals surface area contributed by atoms with Gasteiger partial charge in [0, 0.05) is 11.4 Å². The molecule has 3 aromatic rings. The van der Waals surface area contributed by atoms with Crippen molar-refractivity contribution in [2.24, 2.45) is 0 Å². The number of fused-ring (bicyclic) bond motifs is 1. The third-order valence-corrected chi connectivity index (χ3v) is 4.98. The zero-order valence-corrected chi connectivity index (χ0v) is 13.3. The topological polar surface area (TPSA) is 51.2 Å². The first-order chi connectivity index (χ1) is 10.8. The Bertz CT molecular complexity index is 726. The van der Waals surface area contributed by atoms with Gasteiger partial charge >= 0.3 is 6.09 Å². The van der Waals surface area contributed by atoms with Crippen LogP contribution >= 0.6 is 23.1 Å². The molecule has 1 amide bonds. The van der Waals surface area contributed by atoms with Gasteiger partial charge in [0.25, 0.3) is 0 Å². The van der Waals surface area contributed by atoms with Gasteiger partial charge in [-0.3, -0.25) is 5.32 Å². The monoisotopic (exact) mass is 330 g/mol. The molecule has 1 heterocycles. The van der Waals surface area contributed by atoms with E-state index in [1.807, 2.05) is 48.5 Å². The number of ether oxygens (including phenoxy) is 1. The third kappa shape index (κ3) is 3.99. The quantitative estimate of drug-likeness (QED) is 0.547. The Morgan fingerprint density at radius 1 is 1.14 bits per heavy atom. The fourth-order valence-electron chi connectivity index (χ4n) is 1.85. The van der Waals surface area contributed by atoms with Crippen molar-refractivity contribution in [3.63, 3.8) is 0 Å². The maximum Gasteiger partial charge on any atom is 0.411 e. The molecule has 1 aromatic heterocycles. The van der Waals surface area contributed by atoms with E-state index in [9.17, 15) is 4.79 Å². The second kappa shape index (κ2) is 7.29. The molecule has 0 aliphatic heterocycles. The Morgan fingerprint density at radius 3 is 2.73 bits per heavy atom. The predicted molar refractivity (Wildman–Crippen MR) is 91.8 cm³/mol. The van der Waals surface area contributed by atoms with E-state index >= 15 is 0 Å². The van der Waals surface area contributed by atoms with Gasteiger partial charge in [-0.15, -0.1) is 11.3 Å². The number of hydrogen-bond acceptors (Lipinski definition) is 5. The molecule has 0 atom stereocenters. The number of nitrogens with one attached hydrogen (secondary N) is 1. The number of hydrogen-bond donors (Lipinski definition) is 1. The molecular weight excluding hydrogens is 316 g/mol. The molecule has 0 spiro atoms. The molecule has 0 bridgehead atoms. The first-order valence-corrected chi connectivity index (χ1v) is 8.59. The number of thioether (sulfide) groups is 1. The zero-order chi connectivity index (χ0) is 15.2. The smallest absolute Gasteiger partial charge is 0.411 e. The highest BCUT2D eigenvalue weighted by Gasteiger charge is 2.05. The lowest BCUT2D eigenvalue weighted by atomic mass is 10.3. The van der Waals surface area contributed by atoms with Crippen molar-refractivity contribution in [3.8, 4) is 0 Å². The van der Waals surface area contributed by atoms with Crippen molar-refractivity contribution in [1.82, 2.24) is 4.98 Å². The minimum Gasteiger partial charge on any atom is -0.448 e. The van der Waals surface area contributed by atoms with Crippen LogP contribution in [-0.4, -0.2) is 23.4 Å². The summed E-state index contributed by atoms with van der Waals surface area (Å²) in [4.78, 5) is 16.1. The molecule has 0 unspecified atom stereocenters. The Labute approximate surface area is 136 Å². The molecule has 112 valence electrons. The van der Waals surface area contributed by atoms with Crippen LogP contribution in [-0.2, 0) is 4.74 Å². The molecule has 0 fully saturated rings. The van der Waals surface area contributed by atoms with Crippen LogP contribution < -0.4 is 5.32 Å². The lowest BCUT2D eigenvalue weighted by Gasteiger charge is -2.05. The van der Waals surface area contributed by atoms with Gasteiger partial charge < -0.3 is 4.74 Å². The molecule has 0 saturated heterocycles. The van der Waals surface area contributed by atoms with E-state index in [2.05, 4.69) is 16.4 Å². The summed E-state index contributed by atoms with van der Waals surface area (Å²) in [5.74, 6) is 0.683. The highest BCUT2D eigenvalue weighted by atomic mass is 32.2. The molecule has 0 saturated carbocycles. The predicted octanol–water partition coefficient (Wildman–Crippen LogP) is 4.64. The fraction of sp³-hybridized carbons (Fsp3) is 0.125. The van der Waals surface area contributed by atoms with E-state index in [1.54, 1.807) is 23.1 Å². The summed E-state index contributed by atoms with van der Waals surface area (Å²) >= 11 is 3.25. The zero-order valence-electron chi connectivity index (χ0n) is 11.7. The molecule has 22 heavy (non-hydrogen) atoms. The summed E-state index contributed by atoms with van der Waals surface area (Å²) in [6, 6.07) is 17.3. The second-order valence-electron chi connectivity index (χ2n) is 4.42.